The maximum Gasteiger partial charge on any atom is 0.254 e. The van der Waals surface area contributed by atoms with Crippen molar-refractivity contribution in [3.05, 3.63) is 59.4 Å². The third-order valence-corrected chi connectivity index (χ3v) is 5.10. The smallest absolute Gasteiger partial charge is 0.254 e. The quantitative estimate of drug-likeness (QED) is 0.526. The van der Waals surface area contributed by atoms with Crippen molar-refractivity contribution < 1.29 is 4.79 Å². The molecule has 0 fully saturated rings. The van der Waals surface area contributed by atoms with E-state index in [9.17, 15) is 4.79 Å². The fraction of sp³-hybridized carbons (Fsp3) is 0.435. The van der Waals surface area contributed by atoms with Crippen LogP contribution in [0, 0.1) is 0 Å². The SMILES string of the molecule is CC(C)c1cc(C(=O)N(CCN)CCc2ccccc2)c2cnn(C(C)C)c2n1.Cl.Cl. The summed E-state index contributed by atoms with van der Waals surface area (Å²) in [6, 6.07) is 12.3. The van der Waals surface area contributed by atoms with E-state index in [0.717, 1.165) is 23.1 Å². The van der Waals surface area contributed by atoms with Crippen LogP contribution in [0.3, 0.4) is 0 Å². The number of amides is 1. The van der Waals surface area contributed by atoms with Gasteiger partial charge in [-0.1, -0.05) is 44.2 Å². The lowest BCUT2D eigenvalue weighted by Crippen LogP contribution is -2.37. The molecule has 0 saturated carbocycles. The molecule has 0 bridgehead atoms. The molecule has 0 radical (unpaired) electrons. The molecule has 1 aromatic carbocycles. The third-order valence-electron chi connectivity index (χ3n) is 5.10. The van der Waals surface area contributed by atoms with E-state index in [1.165, 1.54) is 5.56 Å². The van der Waals surface area contributed by atoms with Gasteiger partial charge in [-0.3, -0.25) is 4.79 Å². The van der Waals surface area contributed by atoms with Gasteiger partial charge in [0.2, 0.25) is 0 Å². The normalized spacial score (nSPS) is 10.8. The number of carbonyl (C=O) groups excluding carboxylic acids is 1. The van der Waals surface area contributed by atoms with Crippen molar-refractivity contribution in [2.75, 3.05) is 19.6 Å². The van der Waals surface area contributed by atoms with Gasteiger partial charge in [0.15, 0.2) is 5.65 Å². The number of hydrogen-bond acceptors (Lipinski definition) is 4. The number of rotatable bonds is 8. The van der Waals surface area contributed by atoms with Crippen LogP contribution in [0.4, 0.5) is 0 Å². The predicted octanol–water partition coefficient (Wildman–Crippen LogP) is 4.62. The average Bonchev–Trinajstić information content (AvgIpc) is 3.15. The lowest BCUT2D eigenvalue weighted by Gasteiger charge is -2.23. The van der Waals surface area contributed by atoms with E-state index < -0.39 is 0 Å². The van der Waals surface area contributed by atoms with E-state index in [2.05, 4.69) is 44.9 Å². The molecule has 3 aromatic rings. The number of benzene rings is 1. The lowest BCUT2D eigenvalue weighted by molar-refractivity contribution is 0.0764. The van der Waals surface area contributed by atoms with E-state index in [0.29, 0.717) is 25.2 Å². The molecule has 2 N–H and O–H groups in total. The molecule has 31 heavy (non-hydrogen) atoms. The zero-order chi connectivity index (χ0) is 21.0. The number of aromatic nitrogens is 3. The van der Waals surface area contributed by atoms with Gasteiger partial charge in [-0.05, 0) is 37.8 Å². The topological polar surface area (TPSA) is 77.0 Å². The van der Waals surface area contributed by atoms with Crippen LogP contribution in [0.15, 0.2) is 42.6 Å². The van der Waals surface area contributed by atoms with Crippen LogP contribution < -0.4 is 5.73 Å². The fourth-order valence-electron chi connectivity index (χ4n) is 3.44. The number of fused-ring (bicyclic) bond motifs is 1. The van der Waals surface area contributed by atoms with Crippen LogP contribution in [0.2, 0.25) is 0 Å². The van der Waals surface area contributed by atoms with Crippen LogP contribution in [-0.2, 0) is 6.42 Å². The Morgan fingerprint density at radius 1 is 1.10 bits per heavy atom. The van der Waals surface area contributed by atoms with E-state index in [4.69, 9.17) is 10.7 Å². The minimum absolute atomic E-state index is 0. The number of pyridine rings is 1. The predicted molar refractivity (Wildman–Crippen MR) is 132 cm³/mol. The summed E-state index contributed by atoms with van der Waals surface area (Å²) in [6.07, 6.45) is 2.56. The second-order valence-electron chi connectivity index (χ2n) is 7.99. The minimum atomic E-state index is -0.0102. The van der Waals surface area contributed by atoms with Gasteiger partial charge >= 0.3 is 0 Å². The fourth-order valence-corrected chi connectivity index (χ4v) is 3.44. The van der Waals surface area contributed by atoms with Crippen molar-refractivity contribution in [3.63, 3.8) is 0 Å². The number of halogens is 2. The summed E-state index contributed by atoms with van der Waals surface area (Å²) < 4.78 is 1.88. The summed E-state index contributed by atoms with van der Waals surface area (Å²) >= 11 is 0. The highest BCUT2D eigenvalue weighted by atomic mass is 35.5. The van der Waals surface area contributed by atoms with Crippen molar-refractivity contribution in [2.24, 2.45) is 5.73 Å². The van der Waals surface area contributed by atoms with E-state index in [-0.39, 0.29) is 42.7 Å². The molecule has 0 aliphatic heterocycles. The molecule has 1 amide bonds. The highest BCUT2D eigenvalue weighted by Crippen LogP contribution is 2.25. The standard InChI is InChI=1S/C23H31N5O.2ClH/c1-16(2)21-14-19(20-15-25-28(17(3)4)22(20)26-21)23(29)27(13-11-24)12-10-18-8-6-5-7-9-18;;/h5-9,14-17H,10-13,24H2,1-4H3;2*1H. The first kappa shape index (κ1) is 26.9. The van der Waals surface area contributed by atoms with Crippen LogP contribution in [0.25, 0.3) is 11.0 Å². The van der Waals surface area contributed by atoms with Gasteiger partial charge in [0.25, 0.3) is 5.91 Å². The molecule has 0 saturated heterocycles. The number of hydrogen-bond donors (Lipinski definition) is 1. The molecule has 2 aromatic heterocycles. The van der Waals surface area contributed by atoms with E-state index >= 15 is 0 Å². The summed E-state index contributed by atoms with van der Waals surface area (Å²) in [5, 5.41) is 5.30. The van der Waals surface area contributed by atoms with Gasteiger partial charge in [0.1, 0.15) is 0 Å². The summed E-state index contributed by atoms with van der Waals surface area (Å²) in [6.45, 7) is 9.88. The van der Waals surface area contributed by atoms with Gasteiger partial charge in [0.05, 0.1) is 17.1 Å². The molecule has 0 unspecified atom stereocenters. The molecular weight excluding hydrogens is 433 g/mol. The summed E-state index contributed by atoms with van der Waals surface area (Å²) in [5.74, 6) is 0.206. The van der Waals surface area contributed by atoms with Crippen molar-refractivity contribution in [3.8, 4) is 0 Å². The average molecular weight is 466 g/mol. The van der Waals surface area contributed by atoms with Crippen molar-refractivity contribution in [2.45, 2.75) is 46.1 Å². The monoisotopic (exact) mass is 465 g/mol. The molecule has 170 valence electrons. The van der Waals surface area contributed by atoms with E-state index in [1.807, 2.05) is 33.8 Å². The Balaban J connectivity index is 0.00000240. The van der Waals surface area contributed by atoms with Gasteiger partial charge in [-0.25, -0.2) is 9.67 Å². The maximum absolute atomic E-state index is 13.5. The van der Waals surface area contributed by atoms with Gasteiger partial charge in [0, 0.05) is 31.4 Å². The molecule has 0 atom stereocenters. The Morgan fingerprint density at radius 2 is 1.77 bits per heavy atom. The Morgan fingerprint density at radius 3 is 2.35 bits per heavy atom. The lowest BCUT2D eigenvalue weighted by atomic mass is 10.0. The molecule has 0 aliphatic carbocycles. The molecule has 3 rings (SSSR count). The number of nitrogens with two attached hydrogens (primary N) is 1. The minimum Gasteiger partial charge on any atom is -0.337 e. The molecule has 0 aliphatic rings. The Bertz CT molecular complexity index is 973. The summed E-state index contributed by atoms with van der Waals surface area (Å²) in [7, 11) is 0. The van der Waals surface area contributed by atoms with Crippen molar-refractivity contribution in [1.29, 1.82) is 0 Å². The van der Waals surface area contributed by atoms with Gasteiger partial charge in [-0.15, -0.1) is 24.8 Å². The molecule has 2 heterocycles. The van der Waals surface area contributed by atoms with Crippen LogP contribution >= 0.6 is 24.8 Å². The van der Waals surface area contributed by atoms with Crippen molar-refractivity contribution in [1.82, 2.24) is 19.7 Å². The Kier molecular flexibility index (Phi) is 10.4. The maximum atomic E-state index is 13.5. The Hall–Kier alpha value is -2.15. The zero-order valence-electron chi connectivity index (χ0n) is 18.6. The summed E-state index contributed by atoms with van der Waals surface area (Å²) in [4.78, 5) is 20.2. The van der Waals surface area contributed by atoms with Crippen LogP contribution in [-0.4, -0.2) is 45.2 Å². The highest BCUT2D eigenvalue weighted by Gasteiger charge is 2.22. The molecule has 6 nitrogen and oxygen atoms in total. The molecule has 0 spiro atoms. The first-order valence-electron chi connectivity index (χ1n) is 10.3. The first-order chi connectivity index (χ1) is 13.9. The van der Waals surface area contributed by atoms with Crippen LogP contribution in [0.5, 0.6) is 0 Å². The second kappa shape index (κ2) is 12.0. The van der Waals surface area contributed by atoms with E-state index in [1.54, 1.807) is 6.20 Å². The molecule has 8 heteroatoms. The van der Waals surface area contributed by atoms with Gasteiger partial charge < -0.3 is 10.6 Å². The third kappa shape index (κ3) is 6.19. The zero-order valence-corrected chi connectivity index (χ0v) is 20.2. The highest BCUT2D eigenvalue weighted by molar-refractivity contribution is 6.05. The largest absolute Gasteiger partial charge is 0.337 e. The van der Waals surface area contributed by atoms with Crippen molar-refractivity contribution >= 4 is 41.8 Å². The number of nitrogens with zero attached hydrogens (tertiary/aromatic N) is 4. The first-order valence-corrected chi connectivity index (χ1v) is 10.3. The number of carbonyl (C=O) groups is 1. The second-order valence-corrected chi connectivity index (χ2v) is 7.99. The van der Waals surface area contributed by atoms with Crippen LogP contribution in [0.1, 0.15) is 61.3 Å². The van der Waals surface area contributed by atoms with Gasteiger partial charge in [-0.2, -0.15) is 5.10 Å². The summed E-state index contributed by atoms with van der Waals surface area (Å²) in [5.41, 5.74) is 9.36. The molecular formula is C23H33Cl2N5O. The Labute approximate surface area is 197 Å².